The molecule has 1 heterocycles. The van der Waals surface area contributed by atoms with Crippen LogP contribution in [0.1, 0.15) is 39.7 Å². The summed E-state index contributed by atoms with van der Waals surface area (Å²) in [4.78, 5) is 5.85. The Morgan fingerprint density at radius 1 is 1.32 bits per heavy atom. The third-order valence-electron chi connectivity index (χ3n) is 3.22. The summed E-state index contributed by atoms with van der Waals surface area (Å²) in [6.45, 7) is 8.80. The normalized spacial score (nSPS) is 12.7. The van der Waals surface area contributed by atoms with E-state index in [1.54, 1.807) is 18.3 Å². The van der Waals surface area contributed by atoms with Gasteiger partial charge in [0.05, 0.1) is 11.7 Å². The summed E-state index contributed by atoms with van der Waals surface area (Å²) in [5.41, 5.74) is 2.81. The van der Waals surface area contributed by atoms with Gasteiger partial charge in [-0.2, -0.15) is 0 Å². The van der Waals surface area contributed by atoms with Crippen LogP contribution >= 0.6 is 11.3 Å². The Hall–Kier alpha value is -1.26. The lowest BCUT2D eigenvalue weighted by atomic mass is 10.0. The Balaban J connectivity index is 2.41. The molecule has 2 rings (SSSR count). The van der Waals surface area contributed by atoms with E-state index in [4.69, 9.17) is 0 Å². The van der Waals surface area contributed by atoms with Crippen LogP contribution in [-0.4, -0.2) is 11.5 Å². The zero-order chi connectivity index (χ0) is 14.0. The molecule has 0 aliphatic rings. The smallest absolute Gasteiger partial charge is 0.126 e. The molecule has 0 saturated carbocycles. The number of hydrogen-bond acceptors (Lipinski definition) is 3. The number of nitrogens with zero attached hydrogens (tertiary/aromatic N) is 1. The summed E-state index contributed by atoms with van der Waals surface area (Å²) in [6, 6.07) is 5.31. The highest BCUT2D eigenvalue weighted by Crippen LogP contribution is 2.28. The first-order valence-electron chi connectivity index (χ1n) is 6.46. The number of benzene rings is 1. The monoisotopic (exact) mass is 278 g/mol. The molecule has 19 heavy (non-hydrogen) atoms. The van der Waals surface area contributed by atoms with Gasteiger partial charge >= 0.3 is 0 Å². The molecule has 0 saturated heterocycles. The number of aryl methyl sites for hydroxylation is 3. The third-order valence-corrected chi connectivity index (χ3v) is 4.35. The average molecular weight is 278 g/mol. The van der Waals surface area contributed by atoms with Crippen molar-refractivity contribution in [3.8, 4) is 0 Å². The van der Waals surface area contributed by atoms with Gasteiger partial charge in [0.15, 0.2) is 0 Å². The molecule has 0 aliphatic carbocycles. The van der Waals surface area contributed by atoms with E-state index in [0.717, 1.165) is 22.8 Å². The van der Waals surface area contributed by atoms with E-state index in [1.807, 2.05) is 19.1 Å². The SMILES string of the molecule is CCNC(c1ccc(F)c(C)c1)c1nc(C)c(C)s1. The summed E-state index contributed by atoms with van der Waals surface area (Å²) >= 11 is 1.70. The molecule has 0 radical (unpaired) electrons. The highest BCUT2D eigenvalue weighted by Gasteiger charge is 2.18. The van der Waals surface area contributed by atoms with Crippen molar-refractivity contribution >= 4 is 11.3 Å². The molecule has 0 aliphatic heterocycles. The van der Waals surface area contributed by atoms with Crippen molar-refractivity contribution in [2.75, 3.05) is 6.54 Å². The van der Waals surface area contributed by atoms with Gasteiger partial charge in [0.25, 0.3) is 0 Å². The van der Waals surface area contributed by atoms with Gasteiger partial charge in [-0.05, 0) is 44.5 Å². The van der Waals surface area contributed by atoms with Crippen LogP contribution < -0.4 is 5.32 Å². The Morgan fingerprint density at radius 2 is 2.05 bits per heavy atom. The minimum absolute atomic E-state index is 0.0432. The lowest BCUT2D eigenvalue weighted by molar-refractivity contribution is 0.605. The molecule has 0 bridgehead atoms. The van der Waals surface area contributed by atoms with Crippen molar-refractivity contribution < 1.29 is 4.39 Å². The standard InChI is InChI=1S/C15H19FN2S/c1-5-17-14(15-18-10(3)11(4)19-15)12-6-7-13(16)9(2)8-12/h6-8,14,17H,5H2,1-4H3. The average Bonchev–Trinajstić information content (AvgIpc) is 2.70. The summed E-state index contributed by atoms with van der Waals surface area (Å²) in [5.74, 6) is -0.162. The maximum absolute atomic E-state index is 13.4. The number of thiazole rings is 1. The summed E-state index contributed by atoms with van der Waals surface area (Å²) in [7, 11) is 0. The molecule has 2 aromatic rings. The highest BCUT2D eigenvalue weighted by atomic mass is 32.1. The first-order chi connectivity index (χ1) is 9.02. The minimum Gasteiger partial charge on any atom is -0.305 e. The van der Waals surface area contributed by atoms with E-state index in [2.05, 4.69) is 24.1 Å². The van der Waals surface area contributed by atoms with Crippen LogP contribution in [0.3, 0.4) is 0 Å². The molecular formula is C15H19FN2S. The molecule has 0 amide bonds. The van der Waals surface area contributed by atoms with Crippen LogP contribution in [0.4, 0.5) is 4.39 Å². The molecule has 102 valence electrons. The number of halogens is 1. The topological polar surface area (TPSA) is 24.9 Å². The largest absolute Gasteiger partial charge is 0.305 e. The van der Waals surface area contributed by atoms with Crippen LogP contribution in [0.15, 0.2) is 18.2 Å². The van der Waals surface area contributed by atoms with Gasteiger partial charge in [-0.15, -0.1) is 11.3 Å². The number of hydrogen-bond donors (Lipinski definition) is 1. The Morgan fingerprint density at radius 3 is 2.58 bits per heavy atom. The zero-order valence-electron chi connectivity index (χ0n) is 11.7. The molecular weight excluding hydrogens is 259 g/mol. The maximum Gasteiger partial charge on any atom is 0.126 e. The summed E-state index contributed by atoms with van der Waals surface area (Å²) in [5, 5.41) is 4.47. The van der Waals surface area contributed by atoms with Gasteiger partial charge in [0, 0.05) is 4.88 Å². The molecule has 4 heteroatoms. The van der Waals surface area contributed by atoms with E-state index < -0.39 is 0 Å². The quantitative estimate of drug-likeness (QED) is 0.917. The van der Waals surface area contributed by atoms with Gasteiger partial charge < -0.3 is 5.32 Å². The van der Waals surface area contributed by atoms with E-state index in [0.29, 0.717) is 5.56 Å². The molecule has 1 N–H and O–H groups in total. The Bertz CT molecular complexity index is 558. The fourth-order valence-electron chi connectivity index (χ4n) is 2.02. The van der Waals surface area contributed by atoms with Crippen LogP contribution in [0, 0.1) is 26.6 Å². The minimum atomic E-state index is -0.162. The number of aromatic nitrogens is 1. The van der Waals surface area contributed by atoms with Crippen LogP contribution in [0.2, 0.25) is 0 Å². The molecule has 0 spiro atoms. The first kappa shape index (κ1) is 14.2. The molecule has 1 atom stereocenters. The zero-order valence-corrected chi connectivity index (χ0v) is 12.6. The fourth-order valence-corrected chi connectivity index (χ4v) is 3.05. The van der Waals surface area contributed by atoms with Gasteiger partial charge in [0.2, 0.25) is 0 Å². The molecule has 0 fully saturated rings. The van der Waals surface area contributed by atoms with Crippen LogP contribution in [0.25, 0.3) is 0 Å². The van der Waals surface area contributed by atoms with Crippen molar-refractivity contribution in [1.82, 2.24) is 10.3 Å². The molecule has 1 unspecified atom stereocenters. The number of nitrogens with one attached hydrogen (secondary N) is 1. The Labute approximate surface area is 117 Å². The predicted octanol–water partition coefficient (Wildman–Crippen LogP) is 3.91. The fraction of sp³-hybridized carbons (Fsp3) is 0.400. The van der Waals surface area contributed by atoms with Gasteiger partial charge in [0.1, 0.15) is 10.8 Å². The molecule has 1 aromatic heterocycles. The molecule has 1 aromatic carbocycles. The number of rotatable bonds is 4. The van der Waals surface area contributed by atoms with Crippen molar-refractivity contribution in [2.45, 2.75) is 33.7 Å². The summed E-state index contributed by atoms with van der Waals surface area (Å²) in [6.07, 6.45) is 0. The van der Waals surface area contributed by atoms with Gasteiger partial charge in [-0.1, -0.05) is 19.1 Å². The van der Waals surface area contributed by atoms with Crippen molar-refractivity contribution in [2.24, 2.45) is 0 Å². The van der Waals surface area contributed by atoms with Crippen molar-refractivity contribution in [3.05, 3.63) is 50.7 Å². The Kier molecular flexibility index (Phi) is 4.32. The maximum atomic E-state index is 13.4. The lowest BCUT2D eigenvalue weighted by Crippen LogP contribution is -2.22. The van der Waals surface area contributed by atoms with Gasteiger partial charge in [-0.25, -0.2) is 9.37 Å². The van der Waals surface area contributed by atoms with E-state index in [9.17, 15) is 4.39 Å². The third kappa shape index (κ3) is 3.01. The van der Waals surface area contributed by atoms with Crippen LogP contribution in [-0.2, 0) is 0 Å². The van der Waals surface area contributed by atoms with E-state index in [-0.39, 0.29) is 11.9 Å². The predicted molar refractivity (Wildman–Crippen MR) is 78.2 cm³/mol. The lowest BCUT2D eigenvalue weighted by Gasteiger charge is -2.16. The second-order valence-electron chi connectivity index (χ2n) is 4.69. The molecule has 2 nitrogen and oxygen atoms in total. The van der Waals surface area contributed by atoms with Crippen molar-refractivity contribution in [1.29, 1.82) is 0 Å². The first-order valence-corrected chi connectivity index (χ1v) is 7.28. The van der Waals surface area contributed by atoms with Crippen LogP contribution in [0.5, 0.6) is 0 Å². The second kappa shape index (κ2) is 5.80. The van der Waals surface area contributed by atoms with E-state index >= 15 is 0 Å². The van der Waals surface area contributed by atoms with Crippen molar-refractivity contribution in [3.63, 3.8) is 0 Å². The van der Waals surface area contributed by atoms with Gasteiger partial charge in [-0.3, -0.25) is 0 Å². The summed E-state index contributed by atoms with van der Waals surface area (Å²) < 4.78 is 13.4. The van der Waals surface area contributed by atoms with E-state index in [1.165, 1.54) is 10.9 Å². The second-order valence-corrected chi connectivity index (χ2v) is 5.93. The highest BCUT2D eigenvalue weighted by molar-refractivity contribution is 7.11.